The Morgan fingerprint density at radius 1 is 1.30 bits per heavy atom. The van der Waals surface area contributed by atoms with Gasteiger partial charge in [0, 0.05) is 29.4 Å². The van der Waals surface area contributed by atoms with Crippen LogP contribution in [0.1, 0.15) is 30.5 Å². The lowest BCUT2D eigenvalue weighted by Crippen LogP contribution is -2.51. The second-order valence-corrected chi connectivity index (χ2v) is 8.13. The summed E-state index contributed by atoms with van der Waals surface area (Å²) in [7, 11) is -3.43. The van der Waals surface area contributed by atoms with Gasteiger partial charge in [0.2, 0.25) is 0 Å². The fourth-order valence-corrected chi connectivity index (χ4v) is 4.61. The number of ether oxygens (including phenoxy) is 1. The minimum absolute atomic E-state index is 0.0660. The van der Waals surface area contributed by atoms with Crippen molar-refractivity contribution < 1.29 is 13.2 Å². The van der Waals surface area contributed by atoms with E-state index in [4.69, 9.17) is 4.74 Å². The third kappa shape index (κ3) is 4.02. The zero-order valence-corrected chi connectivity index (χ0v) is 13.8. The molecule has 5 nitrogen and oxygen atoms in total. The van der Waals surface area contributed by atoms with E-state index >= 15 is 0 Å². The van der Waals surface area contributed by atoms with E-state index in [1.165, 1.54) is 9.18 Å². The Labute approximate surface area is 125 Å². The average molecular weight is 318 g/mol. The predicted molar refractivity (Wildman–Crippen MR) is 81.0 cm³/mol. The number of hydrogen-bond acceptors (Lipinski definition) is 4. The summed E-state index contributed by atoms with van der Waals surface area (Å²) in [6, 6.07) is 4.03. The zero-order valence-electron chi connectivity index (χ0n) is 12.1. The molecule has 1 N–H and O–H groups in total. The Balaban J connectivity index is 1.96. The van der Waals surface area contributed by atoms with Gasteiger partial charge in [0.1, 0.15) is 0 Å². The highest BCUT2D eigenvalue weighted by atomic mass is 32.2. The zero-order chi connectivity index (χ0) is 14.8. The molecular weight excluding hydrogens is 296 g/mol. The molecule has 2 rings (SSSR count). The number of thiophene rings is 1. The second-order valence-electron chi connectivity index (χ2n) is 5.12. The number of rotatable bonds is 5. The molecule has 7 heteroatoms. The quantitative estimate of drug-likeness (QED) is 0.900. The number of nitrogens with zero attached hydrogens (tertiary/aromatic N) is 1. The molecule has 2 atom stereocenters. The van der Waals surface area contributed by atoms with Crippen LogP contribution in [-0.4, -0.2) is 38.0 Å². The molecule has 1 fully saturated rings. The third-order valence-electron chi connectivity index (χ3n) is 3.22. The summed E-state index contributed by atoms with van der Waals surface area (Å²) in [5.41, 5.74) is 0. The molecule has 0 aromatic carbocycles. The standard InChI is InChI=1S/C13H22N2O3S2/c1-4-12-5-6-13(19-12)7-14-20(16,17)15-8-10(2)18-11(3)9-15/h5-6,10-11,14H,4,7-9H2,1-3H3. The maximum absolute atomic E-state index is 12.3. The first-order valence-corrected chi connectivity index (χ1v) is 9.14. The molecule has 0 spiro atoms. The van der Waals surface area contributed by atoms with E-state index in [9.17, 15) is 8.42 Å². The summed E-state index contributed by atoms with van der Waals surface area (Å²) in [4.78, 5) is 2.31. The highest BCUT2D eigenvalue weighted by Gasteiger charge is 2.30. The Kier molecular flexibility index (Phi) is 5.19. The van der Waals surface area contributed by atoms with E-state index in [-0.39, 0.29) is 12.2 Å². The first-order chi connectivity index (χ1) is 9.40. The van der Waals surface area contributed by atoms with Crippen molar-refractivity contribution in [3.05, 3.63) is 21.9 Å². The SMILES string of the molecule is CCc1ccc(CNS(=O)(=O)N2CC(C)OC(C)C2)s1. The van der Waals surface area contributed by atoms with Crippen molar-refractivity contribution in [3.63, 3.8) is 0 Å². The lowest BCUT2D eigenvalue weighted by atomic mass is 10.3. The topological polar surface area (TPSA) is 58.6 Å². The first-order valence-electron chi connectivity index (χ1n) is 6.88. The van der Waals surface area contributed by atoms with Crippen molar-refractivity contribution >= 4 is 21.5 Å². The van der Waals surface area contributed by atoms with E-state index in [1.807, 2.05) is 26.0 Å². The van der Waals surface area contributed by atoms with Crippen LogP contribution in [0.2, 0.25) is 0 Å². The van der Waals surface area contributed by atoms with Crippen LogP contribution < -0.4 is 4.72 Å². The number of hydrogen-bond donors (Lipinski definition) is 1. The summed E-state index contributed by atoms with van der Waals surface area (Å²) in [5.74, 6) is 0. The van der Waals surface area contributed by atoms with Crippen LogP contribution in [0.5, 0.6) is 0 Å². The Morgan fingerprint density at radius 3 is 2.45 bits per heavy atom. The van der Waals surface area contributed by atoms with Crippen LogP contribution >= 0.6 is 11.3 Å². The molecule has 20 heavy (non-hydrogen) atoms. The Hall–Kier alpha value is -0.470. The van der Waals surface area contributed by atoms with Crippen LogP contribution in [0.15, 0.2) is 12.1 Å². The van der Waals surface area contributed by atoms with E-state index in [0.29, 0.717) is 19.6 Å². The van der Waals surface area contributed by atoms with Gasteiger partial charge in [-0.2, -0.15) is 17.4 Å². The largest absolute Gasteiger partial charge is 0.373 e. The molecule has 1 aliphatic heterocycles. The van der Waals surface area contributed by atoms with Crippen molar-refractivity contribution in [2.24, 2.45) is 0 Å². The van der Waals surface area contributed by atoms with Gasteiger partial charge in [0.15, 0.2) is 0 Å². The fourth-order valence-electron chi connectivity index (χ4n) is 2.29. The van der Waals surface area contributed by atoms with Gasteiger partial charge in [0.25, 0.3) is 10.2 Å². The van der Waals surface area contributed by atoms with Gasteiger partial charge in [0.05, 0.1) is 12.2 Å². The smallest absolute Gasteiger partial charge is 0.279 e. The Morgan fingerprint density at radius 2 is 1.90 bits per heavy atom. The second kappa shape index (κ2) is 6.53. The summed E-state index contributed by atoms with van der Waals surface area (Å²) in [5, 5.41) is 0. The van der Waals surface area contributed by atoms with E-state index in [2.05, 4.69) is 11.6 Å². The number of morpholine rings is 1. The van der Waals surface area contributed by atoms with Crippen LogP contribution in [-0.2, 0) is 27.9 Å². The van der Waals surface area contributed by atoms with Gasteiger partial charge < -0.3 is 4.74 Å². The highest BCUT2D eigenvalue weighted by molar-refractivity contribution is 7.87. The molecule has 2 heterocycles. The normalized spacial score (nSPS) is 24.9. The van der Waals surface area contributed by atoms with Crippen molar-refractivity contribution in [1.82, 2.24) is 9.03 Å². The molecule has 114 valence electrons. The molecule has 1 aromatic heterocycles. The van der Waals surface area contributed by atoms with Crippen LogP contribution in [0.4, 0.5) is 0 Å². The van der Waals surface area contributed by atoms with Gasteiger partial charge in [-0.15, -0.1) is 11.3 Å². The lowest BCUT2D eigenvalue weighted by Gasteiger charge is -2.34. The van der Waals surface area contributed by atoms with E-state index < -0.39 is 10.2 Å². The molecule has 0 bridgehead atoms. The molecular formula is C13H22N2O3S2. The minimum atomic E-state index is -3.43. The van der Waals surface area contributed by atoms with Gasteiger partial charge in [-0.1, -0.05) is 6.92 Å². The maximum atomic E-state index is 12.3. The van der Waals surface area contributed by atoms with Gasteiger partial charge in [-0.05, 0) is 32.4 Å². The lowest BCUT2D eigenvalue weighted by molar-refractivity contribution is -0.0444. The predicted octanol–water partition coefficient (Wildman–Crippen LogP) is 1.75. The molecule has 0 radical (unpaired) electrons. The first kappa shape index (κ1) is 15.9. The molecule has 2 unspecified atom stereocenters. The molecule has 1 aliphatic rings. The number of aryl methyl sites for hydroxylation is 1. The summed E-state index contributed by atoms with van der Waals surface area (Å²) in [6.45, 7) is 7.05. The van der Waals surface area contributed by atoms with E-state index in [1.54, 1.807) is 11.3 Å². The summed E-state index contributed by atoms with van der Waals surface area (Å²) in [6.07, 6.45) is 0.850. The monoisotopic (exact) mass is 318 g/mol. The maximum Gasteiger partial charge on any atom is 0.279 e. The van der Waals surface area contributed by atoms with E-state index in [0.717, 1.165) is 11.3 Å². The van der Waals surface area contributed by atoms with Crippen LogP contribution in [0.25, 0.3) is 0 Å². The summed E-state index contributed by atoms with van der Waals surface area (Å²) >= 11 is 1.65. The van der Waals surface area contributed by atoms with Crippen molar-refractivity contribution in [2.45, 2.75) is 45.9 Å². The van der Waals surface area contributed by atoms with Crippen molar-refractivity contribution in [1.29, 1.82) is 0 Å². The third-order valence-corrected chi connectivity index (χ3v) is 5.94. The average Bonchev–Trinajstić information content (AvgIpc) is 2.83. The van der Waals surface area contributed by atoms with Crippen molar-refractivity contribution in [2.75, 3.05) is 13.1 Å². The molecule has 1 saturated heterocycles. The Bertz CT molecular complexity index is 532. The molecule has 0 amide bonds. The number of nitrogens with one attached hydrogen (secondary N) is 1. The van der Waals surface area contributed by atoms with Gasteiger partial charge in [-0.3, -0.25) is 0 Å². The fraction of sp³-hybridized carbons (Fsp3) is 0.692. The van der Waals surface area contributed by atoms with Crippen molar-refractivity contribution in [3.8, 4) is 0 Å². The molecule has 0 aliphatic carbocycles. The summed E-state index contributed by atoms with van der Waals surface area (Å²) < 4.78 is 34.3. The van der Waals surface area contributed by atoms with Crippen LogP contribution in [0, 0.1) is 0 Å². The van der Waals surface area contributed by atoms with Gasteiger partial charge >= 0.3 is 0 Å². The molecule has 1 aromatic rings. The van der Waals surface area contributed by atoms with Crippen LogP contribution in [0.3, 0.4) is 0 Å². The highest BCUT2D eigenvalue weighted by Crippen LogP contribution is 2.18. The molecule has 0 saturated carbocycles. The van der Waals surface area contributed by atoms with Gasteiger partial charge in [-0.25, -0.2) is 0 Å². The minimum Gasteiger partial charge on any atom is -0.373 e.